The number of halogens is 3. The molecule has 100 valence electrons. The third-order valence-corrected chi connectivity index (χ3v) is 4.02. The van der Waals surface area contributed by atoms with E-state index in [1.807, 2.05) is 25.1 Å². The van der Waals surface area contributed by atoms with Crippen LogP contribution in [0.3, 0.4) is 0 Å². The minimum Gasteiger partial charge on any atom is -0.496 e. The second-order valence-corrected chi connectivity index (χ2v) is 5.49. The molecule has 0 bridgehead atoms. The summed E-state index contributed by atoms with van der Waals surface area (Å²) in [5.41, 5.74) is 2.67. The molecule has 2 aromatic rings. The molecule has 0 fully saturated rings. The van der Waals surface area contributed by atoms with Gasteiger partial charge in [-0.15, -0.1) is 11.6 Å². The summed E-state index contributed by atoms with van der Waals surface area (Å²) in [6, 6.07) is 11.2. The lowest BCUT2D eigenvalue weighted by Gasteiger charge is -2.17. The smallest absolute Gasteiger partial charge is 0.123 e. The van der Waals surface area contributed by atoms with E-state index in [0.717, 1.165) is 16.9 Å². The number of benzene rings is 2. The van der Waals surface area contributed by atoms with Crippen LogP contribution in [0.1, 0.15) is 22.1 Å². The lowest BCUT2D eigenvalue weighted by Crippen LogP contribution is -1.99. The Kier molecular flexibility index (Phi) is 4.62. The van der Waals surface area contributed by atoms with Gasteiger partial charge in [-0.3, -0.25) is 0 Å². The maximum atomic E-state index is 6.55. The minimum absolute atomic E-state index is 0.448. The number of alkyl halides is 1. The van der Waals surface area contributed by atoms with Crippen LogP contribution in [-0.4, -0.2) is 7.11 Å². The Balaban J connectivity index is 2.55. The predicted molar refractivity (Wildman–Crippen MR) is 81.9 cm³/mol. The molecule has 0 saturated heterocycles. The van der Waals surface area contributed by atoms with Crippen molar-refractivity contribution in [2.75, 3.05) is 7.11 Å². The molecule has 2 rings (SSSR count). The molecule has 0 aromatic heterocycles. The molecule has 0 saturated carbocycles. The van der Waals surface area contributed by atoms with Crippen LogP contribution in [0.5, 0.6) is 5.75 Å². The van der Waals surface area contributed by atoms with E-state index < -0.39 is 5.38 Å². The molecule has 0 heterocycles. The molecular weight excluding hydrogens is 303 g/mol. The van der Waals surface area contributed by atoms with Crippen molar-refractivity contribution in [3.05, 3.63) is 63.1 Å². The summed E-state index contributed by atoms with van der Waals surface area (Å²) in [6.45, 7) is 2.00. The van der Waals surface area contributed by atoms with Gasteiger partial charge in [0, 0.05) is 21.2 Å². The maximum Gasteiger partial charge on any atom is 0.123 e. The topological polar surface area (TPSA) is 9.23 Å². The van der Waals surface area contributed by atoms with Gasteiger partial charge in [0.2, 0.25) is 0 Å². The van der Waals surface area contributed by atoms with E-state index in [4.69, 9.17) is 39.5 Å². The van der Waals surface area contributed by atoms with Crippen molar-refractivity contribution in [3.63, 3.8) is 0 Å². The van der Waals surface area contributed by atoms with Gasteiger partial charge in [0.15, 0.2) is 0 Å². The zero-order chi connectivity index (χ0) is 14.0. The fourth-order valence-electron chi connectivity index (χ4n) is 1.96. The van der Waals surface area contributed by atoms with E-state index in [2.05, 4.69) is 0 Å². The third kappa shape index (κ3) is 3.00. The van der Waals surface area contributed by atoms with Crippen LogP contribution in [0.15, 0.2) is 36.4 Å². The summed E-state index contributed by atoms with van der Waals surface area (Å²) < 4.78 is 5.35. The monoisotopic (exact) mass is 314 g/mol. The highest BCUT2D eigenvalue weighted by molar-refractivity contribution is 6.38. The molecule has 1 nitrogen and oxygen atoms in total. The van der Waals surface area contributed by atoms with Crippen LogP contribution in [0, 0.1) is 6.92 Å². The Labute approximate surface area is 128 Å². The van der Waals surface area contributed by atoms with Crippen LogP contribution in [0.25, 0.3) is 0 Å². The average Bonchev–Trinajstić information content (AvgIpc) is 2.38. The Morgan fingerprint density at radius 1 is 1.05 bits per heavy atom. The quantitative estimate of drug-likeness (QED) is 0.666. The van der Waals surface area contributed by atoms with Crippen molar-refractivity contribution >= 4 is 34.8 Å². The zero-order valence-corrected chi connectivity index (χ0v) is 12.9. The molecule has 1 unspecified atom stereocenters. The zero-order valence-electron chi connectivity index (χ0n) is 10.6. The largest absolute Gasteiger partial charge is 0.496 e. The van der Waals surface area contributed by atoms with Crippen molar-refractivity contribution in [1.29, 1.82) is 0 Å². The number of hydrogen-bond acceptors (Lipinski definition) is 1. The van der Waals surface area contributed by atoms with Crippen LogP contribution in [0.2, 0.25) is 10.0 Å². The van der Waals surface area contributed by atoms with E-state index in [0.29, 0.717) is 15.6 Å². The van der Waals surface area contributed by atoms with Gasteiger partial charge < -0.3 is 4.74 Å². The highest BCUT2D eigenvalue weighted by Gasteiger charge is 2.21. The molecule has 0 aliphatic rings. The molecule has 4 heteroatoms. The molecule has 0 aliphatic carbocycles. The Bertz CT molecular complexity index is 576. The standard InChI is InChI=1S/C15H13Cl3O/c1-9-6-7-13(19-2)10(8-9)15(18)14-11(16)4-3-5-12(14)17/h3-8,15H,1-2H3. The molecule has 2 aromatic carbocycles. The lowest BCUT2D eigenvalue weighted by atomic mass is 10.0. The van der Waals surface area contributed by atoms with Crippen LogP contribution in [-0.2, 0) is 0 Å². The van der Waals surface area contributed by atoms with Gasteiger partial charge in [0.25, 0.3) is 0 Å². The van der Waals surface area contributed by atoms with E-state index in [-0.39, 0.29) is 0 Å². The molecule has 0 radical (unpaired) electrons. The number of methoxy groups -OCH3 is 1. The molecule has 1 atom stereocenters. The van der Waals surface area contributed by atoms with Crippen LogP contribution >= 0.6 is 34.8 Å². The molecular formula is C15H13Cl3O. The van der Waals surface area contributed by atoms with Gasteiger partial charge >= 0.3 is 0 Å². The summed E-state index contributed by atoms with van der Waals surface area (Å²) in [7, 11) is 1.62. The second kappa shape index (κ2) is 6.04. The van der Waals surface area contributed by atoms with Crippen molar-refractivity contribution < 1.29 is 4.74 Å². The predicted octanol–water partition coefficient (Wildman–Crippen LogP) is 5.64. The molecule has 0 N–H and O–H groups in total. The Morgan fingerprint density at radius 2 is 1.68 bits per heavy atom. The highest BCUT2D eigenvalue weighted by atomic mass is 35.5. The van der Waals surface area contributed by atoms with E-state index in [1.165, 1.54) is 0 Å². The first kappa shape index (κ1) is 14.5. The summed E-state index contributed by atoms with van der Waals surface area (Å²) >= 11 is 18.9. The summed E-state index contributed by atoms with van der Waals surface area (Å²) in [5.74, 6) is 0.724. The van der Waals surface area contributed by atoms with E-state index >= 15 is 0 Å². The number of ether oxygens (including phenoxy) is 1. The molecule has 0 spiro atoms. The number of aryl methyl sites for hydroxylation is 1. The molecule has 0 aliphatic heterocycles. The second-order valence-electron chi connectivity index (χ2n) is 4.24. The van der Waals surface area contributed by atoms with Crippen molar-refractivity contribution in [3.8, 4) is 5.75 Å². The number of hydrogen-bond donors (Lipinski definition) is 0. The maximum absolute atomic E-state index is 6.55. The van der Waals surface area contributed by atoms with Gasteiger partial charge in [-0.2, -0.15) is 0 Å². The van der Waals surface area contributed by atoms with Crippen molar-refractivity contribution in [2.45, 2.75) is 12.3 Å². The normalized spacial score (nSPS) is 12.3. The van der Waals surface area contributed by atoms with Crippen molar-refractivity contribution in [2.24, 2.45) is 0 Å². The molecule has 19 heavy (non-hydrogen) atoms. The van der Waals surface area contributed by atoms with E-state index in [9.17, 15) is 0 Å². The van der Waals surface area contributed by atoms with Crippen LogP contribution in [0.4, 0.5) is 0 Å². The summed E-state index contributed by atoms with van der Waals surface area (Å²) in [5, 5.41) is 0.656. The summed E-state index contributed by atoms with van der Waals surface area (Å²) in [4.78, 5) is 0. The Morgan fingerprint density at radius 3 is 2.26 bits per heavy atom. The number of rotatable bonds is 3. The van der Waals surface area contributed by atoms with Crippen molar-refractivity contribution in [1.82, 2.24) is 0 Å². The molecule has 0 amide bonds. The fraction of sp³-hybridized carbons (Fsp3) is 0.200. The first-order valence-electron chi connectivity index (χ1n) is 5.77. The highest BCUT2D eigenvalue weighted by Crippen LogP contribution is 2.41. The Hall–Kier alpha value is -0.890. The minimum atomic E-state index is -0.448. The van der Waals surface area contributed by atoms with Gasteiger partial charge in [0.1, 0.15) is 5.75 Å². The average molecular weight is 316 g/mol. The summed E-state index contributed by atoms with van der Waals surface area (Å²) in [6.07, 6.45) is 0. The fourth-order valence-corrected chi connectivity index (χ4v) is 3.09. The van der Waals surface area contributed by atoms with E-state index in [1.54, 1.807) is 25.3 Å². The first-order chi connectivity index (χ1) is 9.04. The van der Waals surface area contributed by atoms with Gasteiger partial charge in [-0.1, -0.05) is 47.0 Å². The third-order valence-electron chi connectivity index (χ3n) is 2.91. The first-order valence-corrected chi connectivity index (χ1v) is 6.96. The lowest BCUT2D eigenvalue weighted by molar-refractivity contribution is 0.410. The van der Waals surface area contributed by atoms with Gasteiger partial charge in [0.05, 0.1) is 12.5 Å². The van der Waals surface area contributed by atoms with Gasteiger partial charge in [-0.05, 0) is 25.1 Å². The van der Waals surface area contributed by atoms with Gasteiger partial charge in [-0.25, -0.2) is 0 Å². The van der Waals surface area contributed by atoms with Crippen LogP contribution < -0.4 is 4.74 Å². The SMILES string of the molecule is COc1ccc(C)cc1C(Cl)c1c(Cl)cccc1Cl.